The zero-order valence-corrected chi connectivity index (χ0v) is 14.1. The minimum Gasteiger partial charge on any atom is -0.398 e. The summed E-state index contributed by atoms with van der Waals surface area (Å²) in [6.45, 7) is 2.28. The number of rotatable bonds is 5. The third-order valence-corrected chi connectivity index (χ3v) is 6.68. The predicted molar refractivity (Wildman–Crippen MR) is 85.7 cm³/mol. The summed E-state index contributed by atoms with van der Waals surface area (Å²) >= 11 is 0. The van der Waals surface area contributed by atoms with E-state index in [0.29, 0.717) is 17.8 Å². The molecule has 2 rings (SSSR count). The average molecular weight is 311 g/mol. The molecule has 2 N–H and O–H groups in total. The van der Waals surface area contributed by atoms with Crippen molar-refractivity contribution < 1.29 is 8.42 Å². The summed E-state index contributed by atoms with van der Waals surface area (Å²) in [5.41, 5.74) is 6.86. The molecule has 0 bridgehead atoms. The molecule has 0 amide bonds. The van der Waals surface area contributed by atoms with Gasteiger partial charge in [-0.2, -0.15) is 4.31 Å². The molecule has 1 aliphatic carbocycles. The SMILES string of the molecule is Cc1cccc(N)c1S(=O)(=O)N(C)CC1(N(C)C)CCC1. The number of anilines is 1. The van der Waals surface area contributed by atoms with E-state index >= 15 is 0 Å². The van der Waals surface area contributed by atoms with Crippen molar-refractivity contribution in [2.45, 2.75) is 36.6 Å². The van der Waals surface area contributed by atoms with Crippen LogP contribution in [0.25, 0.3) is 0 Å². The molecule has 118 valence electrons. The lowest BCUT2D eigenvalue weighted by Gasteiger charge is -2.49. The fraction of sp³-hybridized carbons (Fsp3) is 0.600. The lowest BCUT2D eigenvalue weighted by atomic mass is 9.75. The van der Waals surface area contributed by atoms with Gasteiger partial charge in [-0.1, -0.05) is 12.1 Å². The van der Waals surface area contributed by atoms with Crippen LogP contribution in [0, 0.1) is 6.92 Å². The maximum atomic E-state index is 12.8. The number of nitrogens with zero attached hydrogens (tertiary/aromatic N) is 2. The quantitative estimate of drug-likeness (QED) is 0.840. The van der Waals surface area contributed by atoms with Crippen molar-refractivity contribution in [2.24, 2.45) is 0 Å². The van der Waals surface area contributed by atoms with Gasteiger partial charge in [0.15, 0.2) is 0 Å². The van der Waals surface area contributed by atoms with Crippen molar-refractivity contribution in [3.8, 4) is 0 Å². The van der Waals surface area contributed by atoms with E-state index in [-0.39, 0.29) is 10.4 Å². The number of sulfonamides is 1. The van der Waals surface area contributed by atoms with Gasteiger partial charge in [0, 0.05) is 19.1 Å². The smallest absolute Gasteiger partial charge is 0.245 e. The fourth-order valence-electron chi connectivity index (χ4n) is 3.01. The molecule has 0 radical (unpaired) electrons. The first-order chi connectivity index (χ1) is 9.70. The van der Waals surface area contributed by atoms with E-state index in [4.69, 9.17) is 5.73 Å². The lowest BCUT2D eigenvalue weighted by Crippen LogP contribution is -2.57. The second kappa shape index (κ2) is 5.59. The van der Waals surface area contributed by atoms with Gasteiger partial charge in [-0.15, -0.1) is 0 Å². The molecule has 1 aromatic rings. The first kappa shape index (κ1) is 16.3. The molecule has 0 heterocycles. The van der Waals surface area contributed by atoms with Gasteiger partial charge in [0.05, 0.1) is 5.69 Å². The number of aryl methyl sites for hydroxylation is 1. The first-order valence-corrected chi connectivity index (χ1v) is 8.63. The summed E-state index contributed by atoms with van der Waals surface area (Å²) in [7, 11) is 2.11. The molecule has 0 spiro atoms. The van der Waals surface area contributed by atoms with E-state index in [9.17, 15) is 8.42 Å². The predicted octanol–water partition coefficient (Wildman–Crippen LogP) is 1.68. The topological polar surface area (TPSA) is 66.6 Å². The standard InChI is InChI=1S/C15H25N3O2S/c1-12-7-5-8-13(16)14(12)21(19,20)18(4)11-15(17(2)3)9-6-10-15/h5,7-8H,6,9-11,16H2,1-4H3. The highest BCUT2D eigenvalue weighted by Crippen LogP contribution is 2.38. The maximum absolute atomic E-state index is 12.8. The highest BCUT2D eigenvalue weighted by molar-refractivity contribution is 7.89. The molecule has 0 saturated heterocycles. The zero-order chi connectivity index (χ0) is 15.8. The molecule has 1 aliphatic rings. The van der Waals surface area contributed by atoms with Crippen LogP contribution in [0.5, 0.6) is 0 Å². The minimum atomic E-state index is -3.56. The number of hydrogen-bond acceptors (Lipinski definition) is 4. The molecule has 0 aliphatic heterocycles. The first-order valence-electron chi connectivity index (χ1n) is 7.19. The molecule has 1 fully saturated rings. The van der Waals surface area contributed by atoms with Crippen molar-refractivity contribution in [1.82, 2.24) is 9.21 Å². The molecular formula is C15H25N3O2S. The van der Waals surface area contributed by atoms with Crippen molar-refractivity contribution in [2.75, 3.05) is 33.4 Å². The summed E-state index contributed by atoms with van der Waals surface area (Å²) in [6, 6.07) is 5.19. The summed E-state index contributed by atoms with van der Waals surface area (Å²) < 4.78 is 27.1. The van der Waals surface area contributed by atoms with Crippen LogP contribution in [0.15, 0.2) is 23.1 Å². The number of nitrogen functional groups attached to an aromatic ring is 1. The van der Waals surface area contributed by atoms with Crippen LogP contribution in [-0.4, -0.2) is 50.8 Å². The molecule has 0 unspecified atom stereocenters. The van der Waals surface area contributed by atoms with Gasteiger partial charge in [-0.05, 0) is 51.9 Å². The summed E-state index contributed by atoms with van der Waals surface area (Å²) in [4.78, 5) is 2.38. The van der Waals surface area contributed by atoms with E-state index in [1.54, 1.807) is 32.2 Å². The Bertz CT molecular complexity index is 602. The van der Waals surface area contributed by atoms with Gasteiger partial charge in [0.1, 0.15) is 4.90 Å². The second-order valence-corrected chi connectivity index (χ2v) is 8.21. The van der Waals surface area contributed by atoms with Gasteiger partial charge >= 0.3 is 0 Å². The Balaban J connectivity index is 2.32. The van der Waals surface area contributed by atoms with E-state index in [2.05, 4.69) is 4.90 Å². The van der Waals surface area contributed by atoms with Crippen LogP contribution < -0.4 is 5.73 Å². The monoisotopic (exact) mass is 311 g/mol. The van der Waals surface area contributed by atoms with Crippen LogP contribution in [0.3, 0.4) is 0 Å². The Hall–Kier alpha value is -1.11. The molecule has 0 aromatic heterocycles. The molecule has 0 atom stereocenters. The second-order valence-electron chi connectivity index (χ2n) is 6.23. The number of benzene rings is 1. The van der Waals surface area contributed by atoms with Crippen LogP contribution in [0.4, 0.5) is 5.69 Å². The van der Waals surface area contributed by atoms with E-state index in [0.717, 1.165) is 19.3 Å². The number of nitrogens with two attached hydrogens (primary N) is 1. The Morgan fingerprint density at radius 3 is 2.29 bits per heavy atom. The highest BCUT2D eigenvalue weighted by atomic mass is 32.2. The van der Waals surface area contributed by atoms with Gasteiger partial charge in [0.2, 0.25) is 10.0 Å². The Kier molecular flexibility index (Phi) is 4.33. The van der Waals surface area contributed by atoms with Crippen molar-refractivity contribution in [3.63, 3.8) is 0 Å². The van der Waals surface area contributed by atoms with Gasteiger partial charge in [-0.25, -0.2) is 8.42 Å². The minimum absolute atomic E-state index is 0.0424. The third kappa shape index (κ3) is 2.80. The molecule has 1 aromatic carbocycles. The Morgan fingerprint density at radius 2 is 1.86 bits per heavy atom. The largest absolute Gasteiger partial charge is 0.398 e. The van der Waals surface area contributed by atoms with Crippen LogP contribution in [-0.2, 0) is 10.0 Å². The van der Waals surface area contributed by atoms with Crippen LogP contribution >= 0.6 is 0 Å². The summed E-state index contributed by atoms with van der Waals surface area (Å²) in [5.74, 6) is 0. The van der Waals surface area contributed by atoms with Gasteiger partial charge in [-0.3, -0.25) is 0 Å². The van der Waals surface area contributed by atoms with E-state index in [1.165, 1.54) is 4.31 Å². The van der Waals surface area contributed by atoms with Crippen LogP contribution in [0.2, 0.25) is 0 Å². The number of hydrogen-bond donors (Lipinski definition) is 1. The molecule has 5 nitrogen and oxygen atoms in total. The fourth-order valence-corrected chi connectivity index (χ4v) is 4.58. The number of likely N-dealkylation sites (N-methyl/N-ethyl adjacent to an activating group) is 2. The normalized spacial score (nSPS) is 18.0. The maximum Gasteiger partial charge on any atom is 0.245 e. The highest BCUT2D eigenvalue weighted by Gasteiger charge is 2.42. The molecule has 21 heavy (non-hydrogen) atoms. The molecule has 6 heteroatoms. The van der Waals surface area contributed by atoms with Gasteiger partial charge in [0.25, 0.3) is 0 Å². The van der Waals surface area contributed by atoms with E-state index < -0.39 is 10.0 Å². The molecule has 1 saturated carbocycles. The Labute approximate surface area is 127 Å². The zero-order valence-electron chi connectivity index (χ0n) is 13.3. The van der Waals surface area contributed by atoms with Gasteiger partial charge < -0.3 is 10.6 Å². The third-order valence-electron chi connectivity index (χ3n) is 4.66. The summed E-state index contributed by atoms with van der Waals surface area (Å²) in [6.07, 6.45) is 3.21. The van der Waals surface area contributed by atoms with Crippen molar-refractivity contribution >= 4 is 15.7 Å². The van der Waals surface area contributed by atoms with Crippen molar-refractivity contribution in [3.05, 3.63) is 23.8 Å². The van der Waals surface area contributed by atoms with E-state index in [1.807, 2.05) is 14.1 Å². The molecular weight excluding hydrogens is 286 g/mol. The van der Waals surface area contributed by atoms with Crippen LogP contribution in [0.1, 0.15) is 24.8 Å². The van der Waals surface area contributed by atoms with Crippen molar-refractivity contribution in [1.29, 1.82) is 0 Å². The lowest BCUT2D eigenvalue weighted by molar-refractivity contribution is 0.0455. The Morgan fingerprint density at radius 1 is 1.24 bits per heavy atom. The average Bonchev–Trinajstić information content (AvgIpc) is 2.32. The summed E-state index contributed by atoms with van der Waals surface area (Å²) in [5, 5.41) is 0.